The van der Waals surface area contributed by atoms with E-state index in [1.165, 1.54) is 5.69 Å². The van der Waals surface area contributed by atoms with Gasteiger partial charge in [0.2, 0.25) is 0 Å². The second-order valence-electron chi connectivity index (χ2n) is 3.24. The lowest BCUT2D eigenvalue weighted by atomic mass is 10.1. The number of aromatic nitrogens is 3. The Hall–Kier alpha value is -0.900. The first kappa shape index (κ1) is 9.19. The highest BCUT2D eigenvalue weighted by Gasteiger charge is 2.12. The van der Waals surface area contributed by atoms with Gasteiger partial charge in [0.15, 0.2) is 0 Å². The van der Waals surface area contributed by atoms with Crippen molar-refractivity contribution in [3.8, 4) is 0 Å². The second-order valence-corrected chi connectivity index (χ2v) is 3.24. The van der Waals surface area contributed by atoms with Gasteiger partial charge in [0.1, 0.15) is 0 Å². The molecule has 0 aliphatic carbocycles. The molecule has 1 heterocycles. The Balaban J connectivity index is 2.95. The third-order valence-corrected chi connectivity index (χ3v) is 1.87. The number of hydrogen-bond acceptors (Lipinski definition) is 3. The lowest BCUT2D eigenvalue weighted by Gasteiger charge is -2.06. The van der Waals surface area contributed by atoms with Crippen LogP contribution in [0.25, 0.3) is 0 Å². The first-order valence-electron chi connectivity index (χ1n) is 4.25. The van der Waals surface area contributed by atoms with Crippen LogP contribution in [0.5, 0.6) is 0 Å². The van der Waals surface area contributed by atoms with E-state index in [4.69, 9.17) is 5.73 Å². The minimum atomic E-state index is 0.464. The van der Waals surface area contributed by atoms with Crippen LogP contribution < -0.4 is 5.73 Å². The molecule has 2 N–H and O–H groups in total. The van der Waals surface area contributed by atoms with Gasteiger partial charge < -0.3 is 5.73 Å². The summed E-state index contributed by atoms with van der Waals surface area (Å²) in [5.41, 5.74) is 7.69. The molecule has 0 radical (unpaired) electrons. The fourth-order valence-electron chi connectivity index (χ4n) is 1.43. The van der Waals surface area contributed by atoms with Crippen LogP contribution in [-0.2, 0) is 13.5 Å². The van der Waals surface area contributed by atoms with Crippen LogP contribution in [0.3, 0.4) is 0 Å². The summed E-state index contributed by atoms with van der Waals surface area (Å²) in [6.45, 7) is 4.91. The van der Waals surface area contributed by atoms with E-state index in [2.05, 4.69) is 24.2 Å². The van der Waals surface area contributed by atoms with Crippen molar-refractivity contribution in [2.24, 2.45) is 12.8 Å². The van der Waals surface area contributed by atoms with E-state index >= 15 is 0 Å². The van der Waals surface area contributed by atoms with Crippen LogP contribution in [0.15, 0.2) is 0 Å². The van der Waals surface area contributed by atoms with Crippen LogP contribution in [-0.4, -0.2) is 21.5 Å². The van der Waals surface area contributed by atoms with Crippen molar-refractivity contribution >= 4 is 0 Å². The van der Waals surface area contributed by atoms with Crippen molar-refractivity contribution < 1.29 is 0 Å². The maximum Gasteiger partial charge on any atom is 0.0874 e. The molecule has 1 aromatic heterocycles. The summed E-state index contributed by atoms with van der Waals surface area (Å²) >= 11 is 0. The van der Waals surface area contributed by atoms with Crippen LogP contribution >= 0.6 is 0 Å². The maximum absolute atomic E-state index is 5.46. The average molecular weight is 168 g/mol. The first-order valence-corrected chi connectivity index (χ1v) is 4.25. The maximum atomic E-state index is 5.46. The van der Waals surface area contributed by atoms with E-state index < -0.39 is 0 Å². The SMILES string of the molecule is CC(C)c1c(CCN)nnn1C. The van der Waals surface area contributed by atoms with E-state index in [0.29, 0.717) is 12.5 Å². The van der Waals surface area contributed by atoms with E-state index in [1.54, 1.807) is 0 Å². The third kappa shape index (κ3) is 1.64. The Morgan fingerprint density at radius 3 is 2.67 bits per heavy atom. The molecule has 4 heteroatoms. The summed E-state index contributed by atoms with van der Waals surface area (Å²) in [7, 11) is 1.92. The lowest BCUT2D eigenvalue weighted by molar-refractivity contribution is 0.647. The molecule has 0 atom stereocenters. The van der Waals surface area contributed by atoms with Gasteiger partial charge in [0.25, 0.3) is 0 Å². The van der Waals surface area contributed by atoms with Crippen molar-refractivity contribution in [1.82, 2.24) is 15.0 Å². The van der Waals surface area contributed by atoms with E-state index in [0.717, 1.165) is 12.1 Å². The quantitative estimate of drug-likeness (QED) is 0.712. The predicted molar refractivity (Wildman–Crippen MR) is 47.9 cm³/mol. The monoisotopic (exact) mass is 168 g/mol. The standard InChI is InChI=1S/C8H16N4/c1-6(2)8-7(4-5-9)10-11-12(8)3/h6H,4-5,9H2,1-3H3. The van der Waals surface area contributed by atoms with Gasteiger partial charge in [0.05, 0.1) is 11.4 Å². The van der Waals surface area contributed by atoms with Gasteiger partial charge in [-0.05, 0) is 12.5 Å². The van der Waals surface area contributed by atoms with Crippen LogP contribution in [0.4, 0.5) is 0 Å². The molecule has 0 spiro atoms. The summed E-state index contributed by atoms with van der Waals surface area (Å²) in [6, 6.07) is 0. The topological polar surface area (TPSA) is 56.7 Å². The van der Waals surface area contributed by atoms with Gasteiger partial charge in [-0.25, -0.2) is 0 Å². The molecular weight excluding hydrogens is 152 g/mol. The Bertz CT molecular complexity index is 252. The van der Waals surface area contributed by atoms with Gasteiger partial charge >= 0.3 is 0 Å². The van der Waals surface area contributed by atoms with Crippen LogP contribution in [0, 0.1) is 0 Å². The molecule has 0 fully saturated rings. The van der Waals surface area contributed by atoms with Crippen molar-refractivity contribution in [2.45, 2.75) is 26.2 Å². The average Bonchev–Trinajstić information content (AvgIpc) is 2.32. The summed E-state index contributed by atoms with van der Waals surface area (Å²) in [5, 5.41) is 8.03. The number of nitrogens with two attached hydrogens (primary N) is 1. The van der Waals surface area contributed by atoms with Crippen molar-refractivity contribution in [2.75, 3.05) is 6.54 Å². The Labute approximate surface area is 72.8 Å². The van der Waals surface area contributed by atoms with E-state index in [-0.39, 0.29) is 0 Å². The van der Waals surface area contributed by atoms with Gasteiger partial charge in [-0.3, -0.25) is 4.68 Å². The second kappa shape index (κ2) is 3.67. The Morgan fingerprint density at radius 1 is 1.50 bits per heavy atom. The molecule has 1 rings (SSSR count). The fraction of sp³-hybridized carbons (Fsp3) is 0.750. The van der Waals surface area contributed by atoms with Gasteiger partial charge in [-0.2, -0.15) is 0 Å². The van der Waals surface area contributed by atoms with E-state index in [1.807, 2.05) is 11.7 Å². The highest BCUT2D eigenvalue weighted by Crippen LogP contribution is 2.16. The fourth-order valence-corrected chi connectivity index (χ4v) is 1.43. The zero-order valence-corrected chi connectivity index (χ0v) is 7.91. The number of nitrogens with zero attached hydrogens (tertiary/aromatic N) is 3. The zero-order chi connectivity index (χ0) is 9.14. The van der Waals surface area contributed by atoms with Crippen molar-refractivity contribution in [3.63, 3.8) is 0 Å². The zero-order valence-electron chi connectivity index (χ0n) is 7.91. The molecule has 0 amide bonds. The van der Waals surface area contributed by atoms with E-state index in [9.17, 15) is 0 Å². The molecular formula is C8H16N4. The number of aryl methyl sites for hydroxylation is 1. The summed E-state index contributed by atoms with van der Waals surface area (Å²) < 4.78 is 1.83. The molecule has 12 heavy (non-hydrogen) atoms. The Morgan fingerprint density at radius 2 is 2.17 bits per heavy atom. The highest BCUT2D eigenvalue weighted by atomic mass is 15.4. The molecule has 0 bridgehead atoms. The summed E-state index contributed by atoms with van der Waals surface area (Å²) in [6.07, 6.45) is 0.821. The summed E-state index contributed by atoms with van der Waals surface area (Å²) in [5.74, 6) is 0.464. The minimum Gasteiger partial charge on any atom is -0.330 e. The van der Waals surface area contributed by atoms with Crippen molar-refractivity contribution in [1.29, 1.82) is 0 Å². The summed E-state index contributed by atoms with van der Waals surface area (Å²) in [4.78, 5) is 0. The minimum absolute atomic E-state index is 0.464. The normalized spacial score (nSPS) is 11.1. The highest BCUT2D eigenvalue weighted by molar-refractivity contribution is 5.14. The lowest BCUT2D eigenvalue weighted by Crippen LogP contribution is -2.07. The third-order valence-electron chi connectivity index (χ3n) is 1.87. The first-order chi connectivity index (χ1) is 5.66. The van der Waals surface area contributed by atoms with Gasteiger partial charge in [-0.1, -0.05) is 19.1 Å². The molecule has 0 aromatic carbocycles. The molecule has 0 saturated heterocycles. The molecule has 0 unspecified atom stereocenters. The number of rotatable bonds is 3. The molecule has 4 nitrogen and oxygen atoms in total. The smallest absolute Gasteiger partial charge is 0.0874 e. The molecule has 0 saturated carbocycles. The number of hydrogen-bond donors (Lipinski definition) is 1. The van der Waals surface area contributed by atoms with Crippen molar-refractivity contribution in [3.05, 3.63) is 11.4 Å². The van der Waals surface area contributed by atoms with Gasteiger partial charge in [0, 0.05) is 13.5 Å². The van der Waals surface area contributed by atoms with Crippen LogP contribution in [0.2, 0.25) is 0 Å². The molecule has 68 valence electrons. The molecule has 0 aliphatic heterocycles. The molecule has 0 aliphatic rings. The molecule has 1 aromatic rings. The van der Waals surface area contributed by atoms with Crippen LogP contribution in [0.1, 0.15) is 31.2 Å². The predicted octanol–water partition coefficient (Wildman–Crippen LogP) is 0.440. The van der Waals surface area contributed by atoms with Gasteiger partial charge in [-0.15, -0.1) is 5.10 Å². The Kier molecular flexibility index (Phi) is 2.81. The largest absolute Gasteiger partial charge is 0.330 e.